The van der Waals surface area contributed by atoms with Crippen LogP contribution in [-0.2, 0) is 24.2 Å². The summed E-state index contributed by atoms with van der Waals surface area (Å²) >= 11 is 0. The van der Waals surface area contributed by atoms with Crippen LogP contribution in [0.3, 0.4) is 0 Å². The second-order valence-electron chi connectivity index (χ2n) is 8.06. The average molecular weight is 389 g/mol. The maximum absolute atomic E-state index is 12.7. The summed E-state index contributed by atoms with van der Waals surface area (Å²) in [5, 5.41) is 1.23. The SMILES string of the molecule is O=C(CCc1c[nH]c2ccccc12)N1CCN(Cc2ccc3c(c2)CCO3)CC1. The molecule has 2 aliphatic heterocycles. The molecule has 29 heavy (non-hydrogen) atoms. The Morgan fingerprint density at radius 3 is 2.83 bits per heavy atom. The van der Waals surface area contributed by atoms with Gasteiger partial charge < -0.3 is 14.6 Å². The number of amides is 1. The fourth-order valence-electron chi connectivity index (χ4n) is 4.49. The third kappa shape index (κ3) is 3.87. The summed E-state index contributed by atoms with van der Waals surface area (Å²) in [5.74, 6) is 1.31. The molecular weight excluding hydrogens is 362 g/mol. The highest BCUT2D eigenvalue weighted by molar-refractivity contribution is 5.84. The molecule has 150 valence electrons. The fraction of sp³-hybridized carbons (Fsp3) is 0.375. The van der Waals surface area contributed by atoms with Crippen molar-refractivity contribution in [3.05, 3.63) is 65.4 Å². The first-order valence-electron chi connectivity index (χ1n) is 10.6. The number of H-pyrrole nitrogens is 1. The highest BCUT2D eigenvalue weighted by atomic mass is 16.5. The predicted octanol–water partition coefficient (Wildman–Crippen LogP) is 3.38. The number of carbonyl (C=O) groups is 1. The molecule has 5 rings (SSSR count). The molecule has 3 heterocycles. The zero-order valence-corrected chi connectivity index (χ0v) is 16.7. The Morgan fingerprint density at radius 1 is 1.07 bits per heavy atom. The van der Waals surface area contributed by atoms with Gasteiger partial charge in [0.2, 0.25) is 5.91 Å². The summed E-state index contributed by atoms with van der Waals surface area (Å²) in [6.07, 6.45) is 4.42. The number of piperazine rings is 1. The summed E-state index contributed by atoms with van der Waals surface area (Å²) in [5.41, 5.74) is 5.04. The Morgan fingerprint density at radius 2 is 1.93 bits per heavy atom. The first-order valence-corrected chi connectivity index (χ1v) is 10.6. The molecule has 5 nitrogen and oxygen atoms in total. The molecule has 0 aliphatic carbocycles. The molecule has 0 spiro atoms. The van der Waals surface area contributed by atoms with Crippen molar-refractivity contribution < 1.29 is 9.53 Å². The van der Waals surface area contributed by atoms with E-state index in [2.05, 4.69) is 46.3 Å². The van der Waals surface area contributed by atoms with E-state index < -0.39 is 0 Å². The van der Waals surface area contributed by atoms with Gasteiger partial charge in [-0.3, -0.25) is 9.69 Å². The van der Waals surface area contributed by atoms with Crippen LogP contribution < -0.4 is 4.74 Å². The van der Waals surface area contributed by atoms with Crippen molar-refractivity contribution in [2.45, 2.75) is 25.8 Å². The zero-order chi connectivity index (χ0) is 19.6. The quantitative estimate of drug-likeness (QED) is 0.728. The van der Waals surface area contributed by atoms with Crippen molar-refractivity contribution >= 4 is 16.8 Å². The predicted molar refractivity (Wildman–Crippen MR) is 114 cm³/mol. The van der Waals surface area contributed by atoms with Crippen molar-refractivity contribution in [3.8, 4) is 5.75 Å². The van der Waals surface area contributed by atoms with E-state index in [0.717, 1.165) is 63.4 Å². The number of carbonyl (C=O) groups excluding carboxylic acids is 1. The van der Waals surface area contributed by atoms with E-state index in [9.17, 15) is 4.79 Å². The Balaban J connectivity index is 1.12. The first-order chi connectivity index (χ1) is 14.3. The minimum Gasteiger partial charge on any atom is -0.493 e. The number of nitrogens with one attached hydrogen (secondary N) is 1. The van der Waals surface area contributed by atoms with Gasteiger partial charge in [-0.1, -0.05) is 30.3 Å². The summed E-state index contributed by atoms with van der Waals surface area (Å²) in [6.45, 7) is 5.27. The summed E-state index contributed by atoms with van der Waals surface area (Å²) in [6, 6.07) is 14.8. The van der Waals surface area contributed by atoms with Crippen LogP contribution in [0.5, 0.6) is 5.75 Å². The molecule has 0 bridgehead atoms. The van der Waals surface area contributed by atoms with Gasteiger partial charge in [-0.2, -0.15) is 0 Å². The first kappa shape index (κ1) is 18.3. The normalized spacial score (nSPS) is 16.8. The summed E-state index contributed by atoms with van der Waals surface area (Å²) < 4.78 is 5.60. The summed E-state index contributed by atoms with van der Waals surface area (Å²) in [7, 11) is 0. The van der Waals surface area contributed by atoms with Gasteiger partial charge in [-0.15, -0.1) is 0 Å². The zero-order valence-electron chi connectivity index (χ0n) is 16.7. The van der Waals surface area contributed by atoms with Gasteiger partial charge in [0, 0.05) is 62.7 Å². The summed E-state index contributed by atoms with van der Waals surface area (Å²) in [4.78, 5) is 20.5. The van der Waals surface area contributed by atoms with Gasteiger partial charge in [0.1, 0.15) is 5.75 Å². The number of benzene rings is 2. The van der Waals surface area contributed by atoms with E-state index in [4.69, 9.17) is 4.74 Å². The maximum atomic E-state index is 12.7. The van der Waals surface area contributed by atoms with Gasteiger partial charge in [0.25, 0.3) is 0 Å². The topological polar surface area (TPSA) is 48.6 Å². The molecule has 0 atom stereocenters. The van der Waals surface area contributed by atoms with E-state index in [-0.39, 0.29) is 5.91 Å². The second kappa shape index (κ2) is 7.91. The van der Waals surface area contributed by atoms with Crippen LogP contribution in [0.2, 0.25) is 0 Å². The van der Waals surface area contributed by atoms with Crippen LogP contribution in [0.25, 0.3) is 10.9 Å². The monoisotopic (exact) mass is 389 g/mol. The molecule has 1 fully saturated rings. The van der Waals surface area contributed by atoms with Crippen molar-refractivity contribution in [1.29, 1.82) is 0 Å². The van der Waals surface area contributed by atoms with Crippen LogP contribution in [0.15, 0.2) is 48.7 Å². The highest BCUT2D eigenvalue weighted by Crippen LogP contribution is 2.26. The average Bonchev–Trinajstić information content (AvgIpc) is 3.39. The highest BCUT2D eigenvalue weighted by Gasteiger charge is 2.22. The minimum atomic E-state index is 0.268. The third-order valence-corrected chi connectivity index (χ3v) is 6.17. The number of nitrogens with zero attached hydrogens (tertiary/aromatic N) is 2. The largest absolute Gasteiger partial charge is 0.493 e. The number of para-hydroxylation sites is 1. The van der Waals surface area contributed by atoms with E-state index in [1.54, 1.807) is 0 Å². The number of aromatic nitrogens is 1. The smallest absolute Gasteiger partial charge is 0.222 e. The van der Waals surface area contributed by atoms with Crippen molar-refractivity contribution in [3.63, 3.8) is 0 Å². The maximum Gasteiger partial charge on any atom is 0.222 e. The van der Waals surface area contributed by atoms with Gasteiger partial charge in [0.05, 0.1) is 6.61 Å². The van der Waals surface area contributed by atoms with E-state index in [1.165, 1.54) is 22.1 Å². The van der Waals surface area contributed by atoms with E-state index in [1.807, 2.05) is 17.2 Å². The van der Waals surface area contributed by atoms with Crippen LogP contribution in [-0.4, -0.2) is 53.5 Å². The van der Waals surface area contributed by atoms with Gasteiger partial charge in [-0.25, -0.2) is 0 Å². The molecule has 1 saturated heterocycles. The lowest BCUT2D eigenvalue weighted by molar-refractivity contribution is -0.132. The van der Waals surface area contributed by atoms with Gasteiger partial charge >= 0.3 is 0 Å². The van der Waals surface area contributed by atoms with Crippen molar-refractivity contribution in [2.75, 3.05) is 32.8 Å². The van der Waals surface area contributed by atoms with Crippen LogP contribution in [0.1, 0.15) is 23.1 Å². The van der Waals surface area contributed by atoms with Gasteiger partial charge in [0.15, 0.2) is 0 Å². The number of ether oxygens (including phenoxy) is 1. The van der Waals surface area contributed by atoms with Crippen LogP contribution in [0, 0.1) is 0 Å². The lowest BCUT2D eigenvalue weighted by atomic mass is 10.1. The Labute approximate surface area is 171 Å². The molecule has 0 saturated carbocycles. The van der Waals surface area contributed by atoms with Crippen molar-refractivity contribution in [1.82, 2.24) is 14.8 Å². The number of aromatic amines is 1. The number of aryl methyl sites for hydroxylation is 1. The molecule has 2 aliphatic rings. The number of hydrogen-bond acceptors (Lipinski definition) is 3. The standard InChI is InChI=1S/C24H27N3O2/c28-24(8-6-20-16-25-22-4-2-1-3-21(20)22)27-12-10-26(11-13-27)17-18-5-7-23-19(15-18)9-14-29-23/h1-5,7,15-16,25H,6,8-14,17H2. The molecular formula is C24H27N3O2. The third-order valence-electron chi connectivity index (χ3n) is 6.17. The molecule has 1 aromatic heterocycles. The van der Waals surface area contributed by atoms with Crippen LogP contribution >= 0.6 is 0 Å². The Kier molecular flexibility index (Phi) is 4.98. The fourth-order valence-corrected chi connectivity index (χ4v) is 4.49. The van der Waals surface area contributed by atoms with Crippen LogP contribution in [0.4, 0.5) is 0 Å². The molecule has 0 radical (unpaired) electrons. The second-order valence-corrected chi connectivity index (χ2v) is 8.06. The van der Waals surface area contributed by atoms with E-state index in [0.29, 0.717) is 6.42 Å². The molecule has 1 N–H and O–H groups in total. The number of fused-ring (bicyclic) bond motifs is 2. The van der Waals surface area contributed by atoms with Crippen molar-refractivity contribution in [2.24, 2.45) is 0 Å². The Bertz CT molecular complexity index is 1020. The molecule has 2 aromatic carbocycles. The molecule has 1 amide bonds. The molecule has 5 heteroatoms. The molecule has 3 aromatic rings. The molecule has 0 unspecified atom stereocenters. The lowest BCUT2D eigenvalue weighted by Crippen LogP contribution is -2.48. The van der Waals surface area contributed by atoms with E-state index >= 15 is 0 Å². The number of rotatable bonds is 5. The van der Waals surface area contributed by atoms with Gasteiger partial charge in [-0.05, 0) is 35.2 Å². The minimum absolute atomic E-state index is 0.268. The Hall–Kier alpha value is -2.79. The number of hydrogen-bond donors (Lipinski definition) is 1. The lowest BCUT2D eigenvalue weighted by Gasteiger charge is -2.35.